The van der Waals surface area contributed by atoms with Gasteiger partial charge in [0, 0.05) is 23.7 Å². The van der Waals surface area contributed by atoms with Gasteiger partial charge in [0.15, 0.2) is 0 Å². The highest BCUT2D eigenvalue weighted by atomic mass is 16.5. The Morgan fingerprint density at radius 3 is 3.04 bits per heavy atom. The monoisotopic (exact) mass is 323 g/mol. The number of pyridine rings is 1. The van der Waals surface area contributed by atoms with E-state index in [4.69, 9.17) is 4.74 Å². The fraction of sp³-hybridized carbons (Fsp3) is 0.333. The van der Waals surface area contributed by atoms with E-state index in [1.165, 1.54) is 0 Å². The number of fused-ring (bicyclic) bond motifs is 1. The van der Waals surface area contributed by atoms with Crippen molar-refractivity contribution in [2.75, 3.05) is 31.3 Å². The highest BCUT2D eigenvalue weighted by Gasteiger charge is 2.14. The maximum Gasteiger partial charge on any atom is 0.130 e. The maximum absolute atomic E-state index is 5.62. The Labute approximate surface area is 140 Å². The van der Waals surface area contributed by atoms with Gasteiger partial charge in [-0.05, 0) is 50.2 Å². The third-order valence-electron chi connectivity index (χ3n) is 4.27. The summed E-state index contributed by atoms with van der Waals surface area (Å²) in [6.07, 6.45) is 2.99. The van der Waals surface area contributed by atoms with Crippen molar-refractivity contribution in [2.45, 2.75) is 13.3 Å². The van der Waals surface area contributed by atoms with Crippen molar-refractivity contribution in [3.05, 3.63) is 36.5 Å². The van der Waals surface area contributed by atoms with Crippen LogP contribution in [0.3, 0.4) is 0 Å². The standard InChI is InChI=1S/C18H21N5O/c1-2-24-14-4-5-16-15(11-14)18(22-21-16)13-6-8-20-17(10-13)23-9-3-7-19-12-23/h4-6,8,10-11,19H,2-3,7,9,12H2,1H3,(H,21,22). The molecule has 0 radical (unpaired) electrons. The van der Waals surface area contributed by atoms with E-state index in [2.05, 4.69) is 31.5 Å². The van der Waals surface area contributed by atoms with Gasteiger partial charge in [-0.2, -0.15) is 5.10 Å². The van der Waals surface area contributed by atoms with Crippen LogP contribution >= 0.6 is 0 Å². The van der Waals surface area contributed by atoms with Crippen molar-refractivity contribution in [3.63, 3.8) is 0 Å². The number of nitrogens with zero attached hydrogens (tertiary/aromatic N) is 3. The summed E-state index contributed by atoms with van der Waals surface area (Å²) < 4.78 is 5.62. The fourth-order valence-electron chi connectivity index (χ4n) is 3.09. The average molecular weight is 323 g/mol. The molecule has 0 amide bonds. The summed E-state index contributed by atoms with van der Waals surface area (Å²) in [5.41, 5.74) is 3.00. The van der Waals surface area contributed by atoms with Gasteiger partial charge in [-0.3, -0.25) is 10.4 Å². The number of rotatable bonds is 4. The van der Waals surface area contributed by atoms with Crippen LogP contribution in [-0.4, -0.2) is 41.5 Å². The topological polar surface area (TPSA) is 66.1 Å². The molecule has 24 heavy (non-hydrogen) atoms. The van der Waals surface area contributed by atoms with Crippen LogP contribution in [0.5, 0.6) is 5.75 Å². The van der Waals surface area contributed by atoms with Gasteiger partial charge in [-0.25, -0.2) is 4.98 Å². The zero-order valence-electron chi connectivity index (χ0n) is 13.7. The van der Waals surface area contributed by atoms with Crippen molar-refractivity contribution < 1.29 is 4.74 Å². The third kappa shape index (κ3) is 2.80. The number of benzene rings is 1. The van der Waals surface area contributed by atoms with Crippen molar-refractivity contribution in [1.82, 2.24) is 20.5 Å². The molecular formula is C18H21N5O. The second-order valence-corrected chi connectivity index (χ2v) is 5.89. The lowest BCUT2D eigenvalue weighted by atomic mass is 10.1. The van der Waals surface area contributed by atoms with E-state index in [9.17, 15) is 0 Å². The molecule has 1 aliphatic heterocycles. The molecule has 0 unspecified atom stereocenters. The molecule has 0 aliphatic carbocycles. The first kappa shape index (κ1) is 15.0. The molecule has 3 heterocycles. The smallest absolute Gasteiger partial charge is 0.130 e. The molecule has 124 valence electrons. The van der Waals surface area contributed by atoms with E-state index in [1.807, 2.05) is 37.4 Å². The minimum atomic E-state index is 0.653. The number of ether oxygens (including phenoxy) is 1. The number of hydrogen-bond acceptors (Lipinski definition) is 5. The Morgan fingerprint density at radius 2 is 2.21 bits per heavy atom. The largest absolute Gasteiger partial charge is 0.494 e. The molecule has 3 aromatic rings. The Morgan fingerprint density at radius 1 is 1.25 bits per heavy atom. The molecule has 6 heteroatoms. The minimum Gasteiger partial charge on any atom is -0.494 e. The molecule has 0 bridgehead atoms. The third-order valence-corrected chi connectivity index (χ3v) is 4.27. The zero-order chi connectivity index (χ0) is 16.4. The van der Waals surface area contributed by atoms with Crippen molar-refractivity contribution in [3.8, 4) is 17.0 Å². The van der Waals surface area contributed by atoms with Crippen molar-refractivity contribution in [2.24, 2.45) is 0 Å². The summed E-state index contributed by atoms with van der Waals surface area (Å²) in [5.74, 6) is 1.85. The van der Waals surface area contributed by atoms with Crippen LogP contribution < -0.4 is 15.0 Å². The van der Waals surface area contributed by atoms with Crippen LogP contribution in [0.4, 0.5) is 5.82 Å². The van der Waals surface area contributed by atoms with Gasteiger partial charge >= 0.3 is 0 Å². The van der Waals surface area contributed by atoms with Gasteiger partial charge in [-0.15, -0.1) is 0 Å². The van der Waals surface area contributed by atoms with E-state index < -0.39 is 0 Å². The quantitative estimate of drug-likeness (QED) is 0.773. The Hall–Kier alpha value is -2.60. The van der Waals surface area contributed by atoms with Crippen molar-refractivity contribution >= 4 is 16.7 Å². The van der Waals surface area contributed by atoms with Gasteiger partial charge < -0.3 is 9.64 Å². The molecule has 4 rings (SSSR count). The fourth-order valence-corrected chi connectivity index (χ4v) is 3.09. The Kier molecular flexibility index (Phi) is 4.04. The van der Waals surface area contributed by atoms with Gasteiger partial charge in [-0.1, -0.05) is 0 Å². The molecule has 2 N–H and O–H groups in total. The number of aromatic nitrogens is 3. The SMILES string of the molecule is CCOc1ccc2[nH]nc(-c3ccnc(N4CCCNC4)c3)c2c1. The lowest BCUT2D eigenvalue weighted by Gasteiger charge is -2.28. The van der Waals surface area contributed by atoms with Gasteiger partial charge in [0.05, 0.1) is 18.8 Å². The first-order valence-electron chi connectivity index (χ1n) is 8.38. The molecule has 0 atom stereocenters. The first-order valence-corrected chi connectivity index (χ1v) is 8.38. The van der Waals surface area contributed by atoms with E-state index in [0.717, 1.165) is 59.9 Å². The summed E-state index contributed by atoms with van der Waals surface area (Å²) in [6.45, 7) is 5.58. The zero-order valence-corrected chi connectivity index (χ0v) is 13.7. The lowest BCUT2D eigenvalue weighted by Crippen LogP contribution is -2.41. The van der Waals surface area contributed by atoms with Gasteiger partial charge in [0.25, 0.3) is 0 Å². The van der Waals surface area contributed by atoms with Crippen molar-refractivity contribution in [1.29, 1.82) is 0 Å². The van der Waals surface area contributed by atoms with Gasteiger partial charge in [0.1, 0.15) is 17.3 Å². The summed E-state index contributed by atoms with van der Waals surface area (Å²) in [7, 11) is 0. The minimum absolute atomic E-state index is 0.653. The summed E-state index contributed by atoms with van der Waals surface area (Å²) >= 11 is 0. The second kappa shape index (κ2) is 6.49. The molecule has 1 saturated heterocycles. The van der Waals surface area contributed by atoms with Crippen LogP contribution in [-0.2, 0) is 0 Å². The molecular weight excluding hydrogens is 302 g/mol. The molecule has 0 spiro atoms. The first-order chi connectivity index (χ1) is 11.8. The number of nitrogens with one attached hydrogen (secondary N) is 2. The molecule has 0 saturated carbocycles. The molecule has 6 nitrogen and oxygen atoms in total. The number of H-pyrrole nitrogens is 1. The highest BCUT2D eigenvalue weighted by Crippen LogP contribution is 2.30. The average Bonchev–Trinajstić information content (AvgIpc) is 3.06. The van der Waals surface area contributed by atoms with Crippen LogP contribution in [0.25, 0.3) is 22.2 Å². The Bertz CT molecular complexity index is 838. The van der Waals surface area contributed by atoms with Crippen LogP contribution in [0.15, 0.2) is 36.5 Å². The number of anilines is 1. The lowest BCUT2D eigenvalue weighted by molar-refractivity contribution is 0.341. The van der Waals surface area contributed by atoms with E-state index >= 15 is 0 Å². The molecule has 2 aromatic heterocycles. The summed E-state index contributed by atoms with van der Waals surface area (Å²) in [6, 6.07) is 10.1. The Balaban J connectivity index is 1.72. The van der Waals surface area contributed by atoms with Crippen LogP contribution in [0.2, 0.25) is 0 Å². The second-order valence-electron chi connectivity index (χ2n) is 5.89. The number of aromatic amines is 1. The van der Waals surface area contributed by atoms with E-state index in [0.29, 0.717) is 6.61 Å². The van der Waals surface area contributed by atoms with E-state index in [1.54, 1.807) is 0 Å². The highest BCUT2D eigenvalue weighted by molar-refractivity contribution is 5.94. The van der Waals surface area contributed by atoms with Gasteiger partial charge in [0.2, 0.25) is 0 Å². The maximum atomic E-state index is 5.62. The summed E-state index contributed by atoms with van der Waals surface area (Å²) in [5, 5.41) is 12.1. The number of hydrogen-bond donors (Lipinski definition) is 2. The molecule has 1 fully saturated rings. The summed E-state index contributed by atoms with van der Waals surface area (Å²) in [4.78, 5) is 6.78. The molecule has 1 aromatic carbocycles. The predicted molar refractivity (Wildman–Crippen MR) is 95.3 cm³/mol. The normalized spacial score (nSPS) is 15.0. The molecule has 1 aliphatic rings. The van der Waals surface area contributed by atoms with E-state index in [-0.39, 0.29) is 0 Å². The van der Waals surface area contributed by atoms with Crippen LogP contribution in [0.1, 0.15) is 13.3 Å². The predicted octanol–water partition coefficient (Wildman–Crippen LogP) is 2.78. The van der Waals surface area contributed by atoms with Crippen LogP contribution in [0, 0.1) is 0 Å².